The number of halogens is 1. The molecule has 0 saturated carbocycles. The van der Waals surface area contributed by atoms with E-state index in [1.165, 1.54) is 17.2 Å². The van der Waals surface area contributed by atoms with E-state index in [0.717, 1.165) is 6.42 Å². The number of nitrogens with two attached hydrogens (primary N) is 1. The highest BCUT2D eigenvalue weighted by atomic mass is 19.1. The number of rotatable bonds is 4. The van der Waals surface area contributed by atoms with Crippen LogP contribution in [0.5, 0.6) is 0 Å². The predicted octanol–water partition coefficient (Wildman–Crippen LogP) is 3.59. The van der Waals surface area contributed by atoms with E-state index in [9.17, 15) is 4.39 Å². The molecule has 1 nitrogen and oxygen atoms in total. The molecule has 0 heterocycles. The molecule has 0 radical (unpaired) electrons. The molecular weight excluding hydrogens is 237 g/mol. The van der Waals surface area contributed by atoms with Crippen LogP contribution in [-0.4, -0.2) is 6.54 Å². The molecule has 0 spiro atoms. The molecule has 2 N–H and O–H groups in total. The molecule has 0 aromatic heterocycles. The Morgan fingerprint density at radius 1 is 1.05 bits per heavy atom. The Hall–Kier alpha value is -1.67. The molecule has 0 aliphatic carbocycles. The number of benzene rings is 2. The summed E-state index contributed by atoms with van der Waals surface area (Å²) in [5.41, 5.74) is 8.65. The largest absolute Gasteiger partial charge is 0.330 e. The second kappa shape index (κ2) is 5.54. The molecular formula is C17H20FN. The summed E-state index contributed by atoms with van der Waals surface area (Å²) in [6.07, 6.45) is 0.741. The van der Waals surface area contributed by atoms with E-state index < -0.39 is 0 Å². The van der Waals surface area contributed by atoms with Gasteiger partial charge in [0.2, 0.25) is 0 Å². The Bertz CT molecular complexity index is 547. The third kappa shape index (κ3) is 3.02. The summed E-state index contributed by atoms with van der Waals surface area (Å²) in [6, 6.07) is 15.2. The minimum atomic E-state index is -0.374. The second-order valence-electron chi connectivity index (χ2n) is 5.41. The van der Waals surface area contributed by atoms with Crippen molar-refractivity contribution in [1.29, 1.82) is 0 Å². The van der Waals surface area contributed by atoms with E-state index in [1.54, 1.807) is 6.07 Å². The summed E-state index contributed by atoms with van der Waals surface area (Å²) in [7, 11) is 0. The van der Waals surface area contributed by atoms with Crippen molar-refractivity contribution in [3.63, 3.8) is 0 Å². The third-order valence-corrected chi connectivity index (χ3v) is 3.69. The normalized spacial score (nSPS) is 14.1. The van der Waals surface area contributed by atoms with Gasteiger partial charge < -0.3 is 5.73 Å². The zero-order valence-electron chi connectivity index (χ0n) is 11.5. The maximum Gasteiger partial charge on any atom is 0.127 e. The average molecular weight is 257 g/mol. The summed E-state index contributed by atoms with van der Waals surface area (Å²) in [5.74, 6) is -0.178. The summed E-state index contributed by atoms with van der Waals surface area (Å²) in [6.45, 7) is 4.50. The quantitative estimate of drug-likeness (QED) is 0.890. The van der Waals surface area contributed by atoms with Crippen molar-refractivity contribution in [3.05, 3.63) is 71.0 Å². The summed E-state index contributed by atoms with van der Waals surface area (Å²) >= 11 is 0. The molecule has 2 heteroatoms. The minimum Gasteiger partial charge on any atom is -0.330 e. The van der Waals surface area contributed by atoms with Crippen LogP contribution in [0, 0.1) is 12.7 Å². The van der Waals surface area contributed by atoms with Gasteiger partial charge in [0.15, 0.2) is 0 Å². The Kier molecular flexibility index (Phi) is 4.01. The lowest BCUT2D eigenvalue weighted by Crippen LogP contribution is -2.35. The smallest absolute Gasteiger partial charge is 0.127 e. The molecule has 0 bridgehead atoms. The monoisotopic (exact) mass is 257 g/mol. The molecule has 0 aliphatic heterocycles. The number of hydrogen-bond donors (Lipinski definition) is 1. The van der Waals surface area contributed by atoms with E-state index in [0.29, 0.717) is 12.1 Å². The van der Waals surface area contributed by atoms with Crippen molar-refractivity contribution in [2.75, 3.05) is 6.54 Å². The highest BCUT2D eigenvalue weighted by Gasteiger charge is 2.28. The first-order chi connectivity index (χ1) is 9.05. The zero-order valence-corrected chi connectivity index (χ0v) is 11.5. The van der Waals surface area contributed by atoms with E-state index in [2.05, 4.69) is 31.2 Å². The van der Waals surface area contributed by atoms with Crippen molar-refractivity contribution in [2.45, 2.75) is 25.7 Å². The van der Waals surface area contributed by atoms with Crippen LogP contribution in [0.4, 0.5) is 4.39 Å². The highest BCUT2D eigenvalue weighted by Crippen LogP contribution is 2.29. The summed E-state index contributed by atoms with van der Waals surface area (Å²) in [5, 5.41) is 0. The van der Waals surface area contributed by atoms with Gasteiger partial charge in [-0.25, -0.2) is 4.39 Å². The van der Waals surface area contributed by atoms with Crippen LogP contribution in [0.3, 0.4) is 0 Å². The molecule has 1 atom stereocenters. The zero-order chi connectivity index (χ0) is 13.9. The molecule has 0 amide bonds. The van der Waals surface area contributed by atoms with Gasteiger partial charge in [-0.2, -0.15) is 0 Å². The number of hydrogen-bond acceptors (Lipinski definition) is 1. The van der Waals surface area contributed by atoms with Crippen molar-refractivity contribution in [1.82, 2.24) is 0 Å². The molecule has 2 rings (SSSR count). The standard InChI is InChI=1S/C17H20FN/c1-13-7-9-14(10-8-13)11-17(2,12-19)15-5-3-4-6-16(15)18/h3-10H,11-12,19H2,1-2H3. The molecule has 0 fully saturated rings. The van der Waals surface area contributed by atoms with E-state index in [1.807, 2.05) is 19.1 Å². The Labute approximate surface area is 114 Å². The average Bonchev–Trinajstić information content (AvgIpc) is 2.42. The fraction of sp³-hybridized carbons (Fsp3) is 0.294. The predicted molar refractivity (Wildman–Crippen MR) is 77.7 cm³/mol. The lowest BCUT2D eigenvalue weighted by molar-refractivity contribution is 0.450. The van der Waals surface area contributed by atoms with Crippen LogP contribution in [0.2, 0.25) is 0 Å². The highest BCUT2D eigenvalue weighted by molar-refractivity contribution is 5.31. The van der Waals surface area contributed by atoms with Gasteiger partial charge >= 0.3 is 0 Å². The maximum atomic E-state index is 14.0. The van der Waals surface area contributed by atoms with Gasteiger partial charge in [-0.05, 0) is 30.5 Å². The lowest BCUT2D eigenvalue weighted by Gasteiger charge is -2.29. The first kappa shape index (κ1) is 13.8. The molecule has 100 valence electrons. The van der Waals surface area contributed by atoms with Crippen LogP contribution in [-0.2, 0) is 11.8 Å². The third-order valence-electron chi connectivity index (χ3n) is 3.69. The van der Waals surface area contributed by atoms with Gasteiger partial charge in [0, 0.05) is 12.0 Å². The maximum absolute atomic E-state index is 14.0. The van der Waals surface area contributed by atoms with Gasteiger partial charge in [-0.15, -0.1) is 0 Å². The van der Waals surface area contributed by atoms with Crippen LogP contribution >= 0.6 is 0 Å². The minimum absolute atomic E-state index is 0.178. The van der Waals surface area contributed by atoms with E-state index >= 15 is 0 Å². The van der Waals surface area contributed by atoms with E-state index in [-0.39, 0.29) is 11.2 Å². The van der Waals surface area contributed by atoms with Gasteiger partial charge in [0.1, 0.15) is 5.82 Å². The van der Waals surface area contributed by atoms with E-state index in [4.69, 9.17) is 5.73 Å². The van der Waals surface area contributed by atoms with Crippen LogP contribution in [0.25, 0.3) is 0 Å². The fourth-order valence-corrected chi connectivity index (χ4v) is 2.38. The molecule has 2 aromatic carbocycles. The number of aryl methyl sites for hydroxylation is 1. The van der Waals surface area contributed by atoms with Crippen molar-refractivity contribution < 1.29 is 4.39 Å². The molecule has 0 saturated heterocycles. The van der Waals surface area contributed by atoms with Crippen molar-refractivity contribution in [2.24, 2.45) is 5.73 Å². The van der Waals surface area contributed by atoms with Gasteiger partial charge in [-0.3, -0.25) is 0 Å². The Morgan fingerprint density at radius 3 is 2.26 bits per heavy atom. The Morgan fingerprint density at radius 2 is 1.68 bits per heavy atom. The molecule has 1 unspecified atom stereocenters. The molecule has 19 heavy (non-hydrogen) atoms. The summed E-state index contributed by atoms with van der Waals surface area (Å²) < 4.78 is 14.0. The van der Waals surface area contributed by atoms with Crippen molar-refractivity contribution >= 4 is 0 Å². The van der Waals surface area contributed by atoms with Gasteiger partial charge in [-0.1, -0.05) is 55.0 Å². The summed E-state index contributed by atoms with van der Waals surface area (Å²) in [4.78, 5) is 0. The van der Waals surface area contributed by atoms with Gasteiger partial charge in [0.25, 0.3) is 0 Å². The first-order valence-corrected chi connectivity index (χ1v) is 6.56. The SMILES string of the molecule is Cc1ccc(CC(C)(CN)c2ccccc2F)cc1. The topological polar surface area (TPSA) is 26.0 Å². The lowest BCUT2D eigenvalue weighted by atomic mass is 9.77. The van der Waals surface area contributed by atoms with Crippen LogP contribution in [0.1, 0.15) is 23.6 Å². The fourth-order valence-electron chi connectivity index (χ4n) is 2.38. The molecule has 2 aromatic rings. The molecule has 0 aliphatic rings. The van der Waals surface area contributed by atoms with Crippen molar-refractivity contribution in [3.8, 4) is 0 Å². The first-order valence-electron chi connectivity index (χ1n) is 6.56. The second-order valence-corrected chi connectivity index (χ2v) is 5.41. The van der Waals surface area contributed by atoms with Crippen LogP contribution < -0.4 is 5.73 Å². The van der Waals surface area contributed by atoms with Gasteiger partial charge in [0.05, 0.1) is 0 Å². The van der Waals surface area contributed by atoms with Crippen LogP contribution in [0.15, 0.2) is 48.5 Å². The Balaban J connectivity index is 2.33.